The number of carbonyl (C=O) groups excluding carboxylic acids is 9. The van der Waals surface area contributed by atoms with Crippen molar-refractivity contribution in [3.63, 3.8) is 0 Å². The van der Waals surface area contributed by atoms with Gasteiger partial charge in [-0.2, -0.15) is 4.98 Å². The number of amides is 9. The number of aromatic hydroxyl groups is 1. The third-order valence-corrected chi connectivity index (χ3v) is 31.0. The van der Waals surface area contributed by atoms with Gasteiger partial charge in [-0.25, -0.2) is 9.97 Å². The van der Waals surface area contributed by atoms with E-state index in [0.717, 1.165) is 51.7 Å². The van der Waals surface area contributed by atoms with Crippen molar-refractivity contribution in [2.45, 2.75) is 235 Å². The van der Waals surface area contributed by atoms with E-state index in [0.29, 0.717) is 59.6 Å². The Balaban J connectivity index is 0.948. The molecule has 41 nitrogen and oxygen atoms in total. The molecule has 730 valence electrons. The Morgan fingerprint density at radius 3 is 1.90 bits per heavy atom. The molecule has 0 spiro atoms. The summed E-state index contributed by atoms with van der Waals surface area (Å²) < 4.78 is 6.40. The number of thiazole rings is 1. The summed E-state index contributed by atoms with van der Waals surface area (Å²) in [4.78, 5) is 223. The first-order chi connectivity index (χ1) is 63.6. The van der Waals surface area contributed by atoms with Gasteiger partial charge < -0.3 is 79.5 Å². The normalized spacial score (nSPS) is 15.9. The Bertz CT molecular complexity index is 5170. The Morgan fingerprint density at radius 2 is 1.31 bits per heavy atom. The maximum atomic E-state index is 15.6. The Hall–Kier alpha value is -12.4. The monoisotopic (exact) mass is 1940 g/mol. The van der Waals surface area contributed by atoms with Gasteiger partial charge in [-0.15, -0.1) is 0 Å². The molecular formula is C89H124N19O22PS3. The average Bonchev–Trinajstić information content (AvgIpc) is 0.880. The second-order valence-corrected chi connectivity index (χ2v) is 41.9. The molecular weight excluding hydrogens is 1810 g/mol. The molecule has 1 unspecified atom stereocenters. The first-order valence-electron chi connectivity index (χ1n) is 44.2. The number of hydrogen-bond donors (Lipinski definition) is 20. The molecule has 45 heteroatoms. The van der Waals surface area contributed by atoms with E-state index in [2.05, 4.69) is 79.8 Å². The predicted molar refractivity (Wildman–Crippen MR) is 507 cm³/mol. The van der Waals surface area contributed by atoms with Crippen LogP contribution < -0.4 is 70.2 Å². The van der Waals surface area contributed by atoms with Crippen LogP contribution in [0.3, 0.4) is 0 Å². The zero-order valence-corrected chi connectivity index (χ0v) is 79.7. The van der Waals surface area contributed by atoms with Crippen molar-refractivity contribution in [1.82, 2.24) is 77.7 Å². The van der Waals surface area contributed by atoms with Crippen LogP contribution in [-0.2, 0) is 81.4 Å². The Labute approximate surface area is 787 Å². The van der Waals surface area contributed by atoms with Crippen molar-refractivity contribution in [2.24, 2.45) is 23.5 Å². The van der Waals surface area contributed by atoms with E-state index in [1.54, 1.807) is 43.5 Å². The fourth-order valence-electron chi connectivity index (χ4n) is 15.3. The molecule has 22 N–H and O–H groups in total. The van der Waals surface area contributed by atoms with Crippen molar-refractivity contribution in [2.75, 3.05) is 49.3 Å². The molecule has 0 radical (unpaired) electrons. The van der Waals surface area contributed by atoms with Crippen LogP contribution in [0.5, 0.6) is 5.75 Å². The average molecular weight is 1940 g/mol. The third-order valence-electron chi connectivity index (χ3n) is 22.7. The number of nitrogens with zero attached hydrogens (tertiary/aromatic N) is 5. The maximum absolute atomic E-state index is 15.6. The molecule has 4 heterocycles. The van der Waals surface area contributed by atoms with E-state index in [9.17, 15) is 93.0 Å². The number of nitrogens with two attached hydrogens (primary N) is 2. The Morgan fingerprint density at radius 1 is 0.701 bits per heavy atom. The van der Waals surface area contributed by atoms with Gasteiger partial charge in [0, 0.05) is 36.3 Å². The summed E-state index contributed by atoms with van der Waals surface area (Å²) in [6.45, 7) is 17.7. The number of aliphatic carboxylic acids is 5. The zero-order chi connectivity index (χ0) is 98.6. The Kier molecular flexibility index (Phi) is 43.3. The van der Waals surface area contributed by atoms with Crippen molar-refractivity contribution in [3.05, 3.63) is 140 Å². The third kappa shape index (κ3) is 34.9. The number of aromatic nitrogens is 5. The first kappa shape index (κ1) is 109. The number of aromatic amines is 1. The second-order valence-electron chi connectivity index (χ2n) is 33.8. The molecule has 6 aromatic rings. The van der Waals surface area contributed by atoms with E-state index in [1.165, 1.54) is 41.8 Å². The van der Waals surface area contributed by atoms with Crippen molar-refractivity contribution >= 4 is 152 Å². The number of allylic oxidation sites excluding steroid dienone is 1. The number of nitrogens with one attached hydrogen (secondary N) is 12. The molecule has 1 saturated heterocycles. The molecule has 7 rings (SSSR count). The van der Waals surface area contributed by atoms with Crippen molar-refractivity contribution in [1.29, 1.82) is 5.41 Å². The van der Waals surface area contributed by atoms with Crippen LogP contribution in [0.2, 0.25) is 0 Å². The summed E-state index contributed by atoms with van der Waals surface area (Å²) in [5.74, 6) is -17.2. The summed E-state index contributed by atoms with van der Waals surface area (Å²) in [6.07, 6.45) is 6.12. The van der Waals surface area contributed by atoms with Gasteiger partial charge in [-0.1, -0.05) is 19.1 Å². The van der Waals surface area contributed by atoms with Crippen molar-refractivity contribution in [3.8, 4) is 5.75 Å². The van der Waals surface area contributed by atoms with Crippen LogP contribution in [0.4, 0.5) is 11.6 Å². The van der Waals surface area contributed by atoms with Crippen LogP contribution in [0.25, 0.3) is 11.2 Å². The molecule has 9 amide bonds. The summed E-state index contributed by atoms with van der Waals surface area (Å²) in [5.41, 5.74) is 13.2. The van der Waals surface area contributed by atoms with E-state index in [4.69, 9.17) is 26.6 Å². The van der Waals surface area contributed by atoms with Gasteiger partial charge in [-0.3, -0.25) is 63.1 Å². The molecule has 1 aliphatic rings. The van der Waals surface area contributed by atoms with Gasteiger partial charge in [0.1, 0.15) is 23.9 Å². The predicted octanol–water partition coefficient (Wildman–Crippen LogP) is 6.01. The number of H-pyrrole nitrogens is 1. The summed E-state index contributed by atoms with van der Waals surface area (Å²) in [6, 6.07) is 7.99. The quantitative estimate of drug-likeness (QED) is 0.00519. The molecule has 13 atom stereocenters. The molecule has 0 aliphatic carbocycles. The minimum absolute atomic E-state index is 0.00883. The van der Waals surface area contributed by atoms with Crippen LogP contribution in [0, 0.1) is 23.2 Å². The summed E-state index contributed by atoms with van der Waals surface area (Å²) in [7, 11) is -0.377. The number of fused-ring (bicyclic) bond motifs is 1. The topological polar surface area (TPSA) is 653 Å². The van der Waals surface area contributed by atoms with Crippen molar-refractivity contribution < 1.29 is 102 Å². The van der Waals surface area contributed by atoms with Gasteiger partial charge in [0.15, 0.2) is 17.1 Å². The van der Waals surface area contributed by atoms with Crippen LogP contribution in [-0.4, -0.2) is 248 Å². The number of benzene rings is 3. The number of phenols is 1. The van der Waals surface area contributed by atoms with Crippen LogP contribution in [0.1, 0.15) is 194 Å². The molecule has 1 aliphatic heterocycles. The number of ether oxygens (including phenoxy) is 1. The number of nitrogen functional groups attached to an aromatic ring is 1. The molecule has 0 saturated carbocycles. The molecule has 3 aromatic carbocycles. The van der Waals surface area contributed by atoms with E-state index >= 15 is 9.59 Å². The molecule has 134 heavy (non-hydrogen) atoms. The fourth-order valence-corrected chi connectivity index (χ4v) is 22.9. The summed E-state index contributed by atoms with van der Waals surface area (Å²) in [5, 5.41) is 95.2. The number of guanidine groups is 1. The van der Waals surface area contributed by atoms with Crippen LogP contribution >= 0.6 is 40.2 Å². The first-order valence-corrected chi connectivity index (χ1v) is 50.4. The number of carboxylic acid groups (broad SMARTS) is 5. The number of phenolic OH excluding ortho intramolecular Hbond substituents is 1. The number of carbonyl (C=O) groups is 14. The fraction of sp³-hybridized carbons (Fsp3) is 0.506. The molecule has 0 bridgehead atoms. The van der Waals surface area contributed by atoms with Gasteiger partial charge in [-0.05, 0) is 81.0 Å². The number of carboxylic acids is 5. The summed E-state index contributed by atoms with van der Waals surface area (Å²) >= 11 is 1.24. The standard InChI is InChI=1S/C89H124N19O22PS3/c1-10-13-15-35-108(66(48(4)5)42-67(130-12-3)84-104-64(46-132-84)81(122)98-56(37-50(7)86(126)127)38-52-21-29-58(109)30-22-52)85(125)73(49(6)11-2)105-82(123)68-19-14-16-36-131(68,9)45-53-23-31-59(32-24-53)134-133-47-65(87(128)129)103-80(121)63(41-72(115)116)102-79(120)62(40-71(113)114)101-77(118)60(18-17-34-93-88(90)91)100-78(119)61(39-70(111)112)99-69(110)33-20-51(8)96-76(117)54-25-27-55(28-26-54)94-43-57-44-95-75-74(97-57)83(124)107-89(92)106-75/h13,15,21-32,44,46,48-51,56,60-63,65-68,73,94,109,131H,10-12,14,16-20,33-43,45,47H2,1-9H3,(H,96,117)(H,98,122)(H,99,110)(H,100,119)(H,101,118)(H,102,120)(H,103,121)(H,105,123)(H,111,112)(H,113,114)(H,115,116)(H,126,127)(H,128,129)(H4,90,91,93)(H3,92,95,106,107,124)/b15-13+/t49?,50-,51+,56+,60-,61-,62-,63-,65-,66+,67+,68+,73-/m0/s1. The van der Waals surface area contributed by atoms with E-state index in [1.807, 2.05) is 82.9 Å². The second kappa shape index (κ2) is 53.5. The molecule has 1 fully saturated rings. The number of hydrogen-bond acceptors (Lipinski definition) is 27. The molecule has 3 aromatic heterocycles. The van der Waals surface area contributed by atoms with E-state index < -0.39 is 176 Å². The van der Waals surface area contributed by atoms with Gasteiger partial charge in [0.05, 0.1) is 43.6 Å². The van der Waals surface area contributed by atoms with Gasteiger partial charge in [0.2, 0.25) is 29.6 Å². The van der Waals surface area contributed by atoms with Gasteiger partial charge >= 0.3 is 366 Å². The zero-order valence-electron chi connectivity index (χ0n) is 76.2. The SMILES string of the molecule is CC/C=C/CN(C(=O)[C@@H](NC(=O)[C@H]1CCCC[PH]1(C)Cc1ccc(SSC[C@H](NC(=O)[C@H](CC(=O)O)NC(=O)[C@H](CC(=O)O)NC(=O)[C@H](CCCNC(=N)N)NC(=O)[C@H](CC(=O)O)NC(=O)CC[C@@H](C)NC(=O)c2ccc(NCc3cnc4nc(N)[nH]c(=O)c4n3)cc2)C(=O)O)cc1)C(C)CC)[C@H](C[C@@H](OCC)c1nc(C(=O)N[C@@H](Cc2ccc(O)cc2)C[C@H](C)C(=O)O)cs1)C(C)C. The van der Waals surface area contributed by atoms with Gasteiger partial charge in [0.25, 0.3) is 17.4 Å². The van der Waals surface area contributed by atoms with Crippen LogP contribution in [0.15, 0.2) is 106 Å². The number of rotatable bonds is 56. The number of anilines is 2. The minimum atomic E-state index is -2.54. The van der Waals surface area contributed by atoms with E-state index in [-0.39, 0.29) is 128 Å².